The number of imide groups is 1. The minimum atomic E-state index is -0.623. The van der Waals surface area contributed by atoms with Gasteiger partial charge in [-0.05, 0) is 32.8 Å². The average Bonchev–Trinajstić information content (AvgIpc) is 2.52. The third-order valence-corrected chi connectivity index (χ3v) is 4.07. The number of urea groups is 1. The summed E-state index contributed by atoms with van der Waals surface area (Å²) in [6, 6.07) is -0.564. The highest BCUT2D eigenvalue weighted by Gasteiger charge is 2.37. The molecule has 3 amide bonds. The van der Waals surface area contributed by atoms with Gasteiger partial charge in [-0.15, -0.1) is 0 Å². The standard InChI is InChI=1S/C14H16N4O2/c1-7-4-5-10-9(6-8(7)2)15-11-12(18(10)3)16-14(20)17-13(11)19/h6,10H,4-5H2,1-3H3,(H,17,19,20). The number of hydrogen-bond donors (Lipinski definition) is 1. The minimum absolute atomic E-state index is 0.0589. The topological polar surface area (TPSA) is 74.1 Å². The Labute approximate surface area is 117 Å². The molecule has 3 aliphatic rings. The molecule has 20 heavy (non-hydrogen) atoms. The van der Waals surface area contributed by atoms with Crippen LogP contribution >= 0.6 is 0 Å². The molecule has 0 aromatic heterocycles. The lowest BCUT2D eigenvalue weighted by Crippen LogP contribution is -2.54. The molecule has 6 nitrogen and oxygen atoms in total. The van der Waals surface area contributed by atoms with Gasteiger partial charge in [0.05, 0.1) is 11.7 Å². The molecule has 0 saturated heterocycles. The van der Waals surface area contributed by atoms with Crippen LogP contribution in [0.25, 0.3) is 0 Å². The van der Waals surface area contributed by atoms with Crippen molar-refractivity contribution < 1.29 is 9.59 Å². The Balaban J connectivity index is 2.14. The van der Waals surface area contributed by atoms with Gasteiger partial charge in [0.15, 0.2) is 11.5 Å². The number of allylic oxidation sites excluding steroid dienone is 3. The zero-order valence-electron chi connectivity index (χ0n) is 11.7. The number of amides is 3. The van der Waals surface area contributed by atoms with Gasteiger partial charge in [-0.2, -0.15) is 4.99 Å². The van der Waals surface area contributed by atoms with Crippen LogP contribution in [0.4, 0.5) is 4.79 Å². The highest BCUT2D eigenvalue weighted by molar-refractivity contribution is 6.69. The van der Waals surface area contributed by atoms with Crippen molar-refractivity contribution in [3.05, 3.63) is 22.9 Å². The molecule has 0 bridgehead atoms. The lowest BCUT2D eigenvalue weighted by Gasteiger charge is -2.35. The summed E-state index contributed by atoms with van der Waals surface area (Å²) in [4.78, 5) is 33.5. The quantitative estimate of drug-likeness (QED) is 0.724. The Morgan fingerprint density at radius 1 is 1.30 bits per heavy atom. The smallest absolute Gasteiger partial charge is 0.349 e. The number of fused-ring (bicyclic) bond motifs is 2. The van der Waals surface area contributed by atoms with Crippen molar-refractivity contribution in [2.24, 2.45) is 9.98 Å². The van der Waals surface area contributed by atoms with Crippen LogP contribution in [-0.2, 0) is 4.79 Å². The molecule has 3 rings (SSSR count). The van der Waals surface area contributed by atoms with E-state index in [1.54, 1.807) is 0 Å². The van der Waals surface area contributed by atoms with E-state index in [9.17, 15) is 9.59 Å². The van der Waals surface area contributed by atoms with Gasteiger partial charge in [-0.25, -0.2) is 9.79 Å². The van der Waals surface area contributed by atoms with Crippen LogP contribution in [0.5, 0.6) is 0 Å². The molecule has 104 valence electrons. The highest BCUT2D eigenvalue weighted by Crippen LogP contribution is 2.30. The maximum absolute atomic E-state index is 11.9. The zero-order chi connectivity index (χ0) is 14.4. The molecule has 1 aliphatic carbocycles. The molecule has 0 saturated carbocycles. The number of hydrogen-bond acceptors (Lipinski definition) is 4. The molecule has 0 aromatic rings. The van der Waals surface area contributed by atoms with Gasteiger partial charge in [0, 0.05) is 7.05 Å². The van der Waals surface area contributed by atoms with Crippen LogP contribution in [0.15, 0.2) is 32.9 Å². The Hall–Kier alpha value is -2.24. The summed E-state index contributed by atoms with van der Waals surface area (Å²) in [5.74, 6) is -0.105. The van der Waals surface area contributed by atoms with Gasteiger partial charge in [-0.1, -0.05) is 11.1 Å². The minimum Gasteiger partial charge on any atom is -0.349 e. The van der Waals surface area contributed by atoms with Crippen LogP contribution in [0.3, 0.4) is 0 Å². The Bertz CT molecular complexity index is 640. The van der Waals surface area contributed by atoms with Gasteiger partial charge in [0.25, 0.3) is 5.91 Å². The monoisotopic (exact) mass is 272 g/mol. The number of carbonyl (C=O) groups is 2. The van der Waals surface area contributed by atoms with Gasteiger partial charge >= 0.3 is 6.03 Å². The first-order valence-corrected chi connectivity index (χ1v) is 6.61. The van der Waals surface area contributed by atoms with Crippen molar-refractivity contribution in [3.8, 4) is 0 Å². The SMILES string of the molecule is CC1=C(C)CCC2C(=C1)N=C1C(=O)NC(=O)N=C1N2C. The van der Waals surface area contributed by atoms with Crippen LogP contribution in [0, 0.1) is 0 Å². The number of likely N-dealkylation sites (N-methyl/N-ethyl adjacent to an activating group) is 1. The fourth-order valence-electron chi connectivity index (χ4n) is 2.70. The van der Waals surface area contributed by atoms with E-state index in [4.69, 9.17) is 0 Å². The second-order valence-electron chi connectivity index (χ2n) is 5.35. The van der Waals surface area contributed by atoms with Crippen molar-refractivity contribution >= 4 is 23.5 Å². The number of carbonyl (C=O) groups excluding carboxylic acids is 2. The number of amidine groups is 1. The van der Waals surface area contributed by atoms with E-state index in [0.29, 0.717) is 5.84 Å². The number of aliphatic imine (C=N–C) groups is 2. The molecule has 0 radical (unpaired) electrons. The first-order valence-electron chi connectivity index (χ1n) is 6.61. The van der Waals surface area contributed by atoms with E-state index in [2.05, 4.69) is 29.1 Å². The summed E-state index contributed by atoms with van der Waals surface area (Å²) in [5, 5.41) is 2.17. The van der Waals surface area contributed by atoms with Crippen molar-refractivity contribution in [1.29, 1.82) is 0 Å². The van der Waals surface area contributed by atoms with Gasteiger partial charge in [0.1, 0.15) is 0 Å². The first-order chi connectivity index (χ1) is 9.47. The fourth-order valence-corrected chi connectivity index (χ4v) is 2.70. The number of rotatable bonds is 0. The second kappa shape index (κ2) is 4.40. The van der Waals surface area contributed by atoms with Crippen LogP contribution in [0.2, 0.25) is 0 Å². The average molecular weight is 272 g/mol. The van der Waals surface area contributed by atoms with E-state index in [-0.39, 0.29) is 11.8 Å². The van der Waals surface area contributed by atoms with Gasteiger partial charge in [0.2, 0.25) is 0 Å². The van der Waals surface area contributed by atoms with E-state index >= 15 is 0 Å². The molecule has 0 fully saturated rings. The summed E-state index contributed by atoms with van der Waals surface area (Å²) in [7, 11) is 1.86. The molecule has 0 aromatic carbocycles. The van der Waals surface area contributed by atoms with Crippen molar-refractivity contribution in [2.75, 3.05) is 7.05 Å². The molecule has 2 aliphatic heterocycles. The van der Waals surface area contributed by atoms with Gasteiger partial charge < -0.3 is 4.90 Å². The van der Waals surface area contributed by atoms with Gasteiger partial charge in [-0.3, -0.25) is 10.1 Å². The summed E-state index contributed by atoms with van der Waals surface area (Å²) >= 11 is 0. The second-order valence-corrected chi connectivity index (χ2v) is 5.35. The normalized spacial score (nSPS) is 26.1. The number of nitrogens with one attached hydrogen (secondary N) is 1. The largest absolute Gasteiger partial charge is 0.349 e. The molecule has 2 heterocycles. The van der Waals surface area contributed by atoms with Crippen molar-refractivity contribution in [2.45, 2.75) is 32.7 Å². The van der Waals surface area contributed by atoms with E-state index in [1.807, 2.05) is 18.0 Å². The molecular weight excluding hydrogens is 256 g/mol. The number of nitrogens with zero attached hydrogens (tertiary/aromatic N) is 3. The third-order valence-electron chi connectivity index (χ3n) is 4.07. The molecular formula is C14H16N4O2. The summed E-state index contributed by atoms with van der Waals surface area (Å²) < 4.78 is 0. The van der Waals surface area contributed by atoms with Crippen LogP contribution < -0.4 is 5.32 Å². The Morgan fingerprint density at radius 3 is 2.80 bits per heavy atom. The van der Waals surface area contributed by atoms with Crippen LogP contribution in [0.1, 0.15) is 26.7 Å². The Morgan fingerprint density at radius 2 is 2.05 bits per heavy atom. The summed E-state index contributed by atoms with van der Waals surface area (Å²) in [5.41, 5.74) is 3.60. The summed E-state index contributed by atoms with van der Waals surface area (Å²) in [6.45, 7) is 4.16. The van der Waals surface area contributed by atoms with Crippen LogP contribution in [-0.4, -0.2) is 41.5 Å². The van der Waals surface area contributed by atoms with Crippen molar-refractivity contribution in [1.82, 2.24) is 10.2 Å². The molecule has 1 unspecified atom stereocenters. The van der Waals surface area contributed by atoms with E-state index in [1.165, 1.54) is 11.1 Å². The maximum atomic E-state index is 11.9. The predicted molar refractivity (Wildman–Crippen MR) is 75.7 cm³/mol. The predicted octanol–water partition coefficient (Wildman–Crippen LogP) is 1.40. The highest BCUT2D eigenvalue weighted by atomic mass is 16.2. The fraction of sp³-hybridized carbons (Fsp3) is 0.429. The van der Waals surface area contributed by atoms with E-state index < -0.39 is 11.9 Å². The van der Waals surface area contributed by atoms with E-state index in [0.717, 1.165) is 18.5 Å². The first kappa shape index (κ1) is 12.8. The Kier molecular flexibility index (Phi) is 2.81. The molecule has 1 atom stereocenters. The van der Waals surface area contributed by atoms with Crippen molar-refractivity contribution in [3.63, 3.8) is 0 Å². The third kappa shape index (κ3) is 1.88. The molecule has 0 spiro atoms. The molecule has 1 N–H and O–H groups in total. The molecule has 6 heteroatoms. The zero-order valence-corrected chi connectivity index (χ0v) is 11.7. The lowest BCUT2D eigenvalue weighted by molar-refractivity contribution is -0.113. The summed E-state index contributed by atoms with van der Waals surface area (Å²) in [6.07, 6.45) is 3.90. The maximum Gasteiger partial charge on any atom is 0.349 e. The lowest BCUT2D eigenvalue weighted by atomic mass is 10.0.